The van der Waals surface area contributed by atoms with Gasteiger partial charge in [0.2, 0.25) is 0 Å². The van der Waals surface area contributed by atoms with Crippen molar-refractivity contribution in [2.45, 2.75) is 27.4 Å². The van der Waals surface area contributed by atoms with Crippen LogP contribution in [0.4, 0.5) is 5.69 Å². The van der Waals surface area contributed by atoms with Gasteiger partial charge >= 0.3 is 0 Å². The Hall–Kier alpha value is -1.34. The summed E-state index contributed by atoms with van der Waals surface area (Å²) in [6.45, 7) is 7.06. The Balaban J connectivity index is 2.16. The summed E-state index contributed by atoms with van der Waals surface area (Å²) in [5, 5.41) is 3.51. The SMILES string of the molecule is CCOC(=S)Nc1cccc(I)c1COc1ccc(C)cc1C. The third-order valence-electron chi connectivity index (χ3n) is 3.33. The molecule has 2 rings (SSSR count). The number of halogens is 1. The van der Waals surface area contributed by atoms with E-state index >= 15 is 0 Å². The standard InChI is InChI=1S/C18H20INO2S/c1-4-21-18(23)20-16-7-5-6-15(19)14(16)11-22-17-9-8-12(2)10-13(17)3/h5-10H,4,11H2,1-3H3,(H,20,23). The molecule has 0 aliphatic rings. The first-order chi connectivity index (χ1) is 11.0. The highest BCUT2D eigenvalue weighted by molar-refractivity contribution is 14.1. The molecule has 0 amide bonds. The quantitative estimate of drug-likeness (QED) is 0.509. The molecule has 0 unspecified atom stereocenters. The van der Waals surface area contributed by atoms with Gasteiger partial charge in [0.15, 0.2) is 0 Å². The third kappa shape index (κ3) is 5.07. The number of ether oxygens (including phenoxy) is 2. The summed E-state index contributed by atoms with van der Waals surface area (Å²) in [5.74, 6) is 0.897. The Bertz CT molecular complexity index is 703. The highest BCUT2D eigenvalue weighted by Crippen LogP contribution is 2.26. The molecule has 1 N–H and O–H groups in total. The fourth-order valence-electron chi connectivity index (χ4n) is 2.21. The topological polar surface area (TPSA) is 30.5 Å². The van der Waals surface area contributed by atoms with Crippen molar-refractivity contribution in [3.8, 4) is 5.75 Å². The van der Waals surface area contributed by atoms with E-state index in [1.165, 1.54) is 5.56 Å². The number of rotatable bonds is 5. The Kier molecular flexibility index (Phi) is 6.65. The van der Waals surface area contributed by atoms with Crippen LogP contribution < -0.4 is 10.1 Å². The molecule has 0 bridgehead atoms. The Morgan fingerprint density at radius 3 is 2.70 bits per heavy atom. The number of benzene rings is 2. The molecule has 2 aromatic carbocycles. The second-order valence-electron chi connectivity index (χ2n) is 5.17. The van der Waals surface area contributed by atoms with Gasteiger partial charge < -0.3 is 14.8 Å². The molecule has 0 heterocycles. The van der Waals surface area contributed by atoms with Gasteiger partial charge in [0.25, 0.3) is 5.17 Å². The van der Waals surface area contributed by atoms with E-state index in [4.69, 9.17) is 21.7 Å². The fraction of sp³-hybridized carbons (Fsp3) is 0.278. The molecule has 0 saturated carbocycles. The van der Waals surface area contributed by atoms with E-state index < -0.39 is 0 Å². The molecule has 0 aliphatic carbocycles. The lowest BCUT2D eigenvalue weighted by atomic mass is 10.1. The van der Waals surface area contributed by atoms with Crippen LogP contribution >= 0.6 is 34.8 Å². The summed E-state index contributed by atoms with van der Waals surface area (Å²) in [5.41, 5.74) is 4.35. The Labute approximate surface area is 156 Å². The Morgan fingerprint density at radius 2 is 2.00 bits per heavy atom. The molecule has 2 aromatic rings. The number of hydrogen-bond acceptors (Lipinski definition) is 3. The normalized spacial score (nSPS) is 10.3. The summed E-state index contributed by atoms with van der Waals surface area (Å²) in [4.78, 5) is 0. The van der Waals surface area contributed by atoms with Gasteiger partial charge in [-0.2, -0.15) is 0 Å². The largest absolute Gasteiger partial charge is 0.489 e. The summed E-state index contributed by atoms with van der Waals surface area (Å²) in [6.07, 6.45) is 0. The van der Waals surface area contributed by atoms with Gasteiger partial charge in [-0.25, -0.2) is 0 Å². The number of aryl methyl sites for hydroxylation is 2. The lowest BCUT2D eigenvalue weighted by Crippen LogP contribution is -2.15. The minimum absolute atomic E-state index is 0.377. The summed E-state index contributed by atoms with van der Waals surface area (Å²) >= 11 is 7.48. The van der Waals surface area contributed by atoms with Gasteiger partial charge in [-0.05, 0) is 79.3 Å². The molecule has 0 saturated heterocycles. The summed E-state index contributed by atoms with van der Waals surface area (Å²) in [7, 11) is 0. The number of anilines is 1. The van der Waals surface area contributed by atoms with Crippen molar-refractivity contribution in [3.63, 3.8) is 0 Å². The van der Waals surface area contributed by atoms with Gasteiger partial charge in [0.1, 0.15) is 12.4 Å². The van der Waals surface area contributed by atoms with Crippen molar-refractivity contribution in [2.75, 3.05) is 11.9 Å². The van der Waals surface area contributed by atoms with E-state index in [1.54, 1.807) is 0 Å². The number of nitrogens with one attached hydrogen (secondary N) is 1. The van der Waals surface area contributed by atoms with Crippen molar-refractivity contribution in [1.82, 2.24) is 0 Å². The van der Waals surface area contributed by atoms with Crippen molar-refractivity contribution in [2.24, 2.45) is 0 Å². The molecule has 0 aromatic heterocycles. The van der Waals surface area contributed by atoms with Crippen LogP contribution in [0.2, 0.25) is 0 Å². The van der Waals surface area contributed by atoms with Crippen molar-refractivity contribution in [3.05, 3.63) is 56.7 Å². The molecular formula is C18H20INO2S. The zero-order valence-corrected chi connectivity index (χ0v) is 16.5. The van der Waals surface area contributed by atoms with Crippen LogP contribution in [0.15, 0.2) is 36.4 Å². The maximum Gasteiger partial charge on any atom is 0.261 e. The second kappa shape index (κ2) is 8.49. The van der Waals surface area contributed by atoms with Gasteiger partial charge in [0, 0.05) is 14.8 Å². The predicted octanol–water partition coefficient (Wildman–Crippen LogP) is 5.22. The van der Waals surface area contributed by atoms with Gasteiger partial charge in [-0.1, -0.05) is 23.8 Å². The van der Waals surface area contributed by atoms with Crippen LogP contribution in [0.1, 0.15) is 23.6 Å². The predicted molar refractivity (Wildman–Crippen MR) is 107 cm³/mol. The average molecular weight is 441 g/mol. The third-order valence-corrected chi connectivity index (χ3v) is 4.56. The first kappa shape index (κ1) is 18.0. The first-order valence-electron chi connectivity index (χ1n) is 7.42. The van der Waals surface area contributed by atoms with Crippen molar-refractivity contribution >= 4 is 45.7 Å². The van der Waals surface area contributed by atoms with Crippen LogP contribution in [0, 0.1) is 17.4 Å². The lowest BCUT2D eigenvalue weighted by molar-refractivity contribution is 0.303. The van der Waals surface area contributed by atoms with Crippen LogP contribution in [-0.4, -0.2) is 11.8 Å². The van der Waals surface area contributed by atoms with Gasteiger partial charge in [-0.3, -0.25) is 0 Å². The molecular weight excluding hydrogens is 421 g/mol. The van der Waals surface area contributed by atoms with Crippen molar-refractivity contribution < 1.29 is 9.47 Å². The van der Waals surface area contributed by atoms with E-state index in [9.17, 15) is 0 Å². The minimum Gasteiger partial charge on any atom is -0.489 e. The van der Waals surface area contributed by atoms with E-state index in [0.29, 0.717) is 18.4 Å². The summed E-state index contributed by atoms with van der Waals surface area (Å²) < 4.78 is 12.4. The molecule has 3 nitrogen and oxygen atoms in total. The summed E-state index contributed by atoms with van der Waals surface area (Å²) in [6, 6.07) is 12.2. The van der Waals surface area contributed by atoms with E-state index in [0.717, 1.165) is 26.1 Å². The van der Waals surface area contributed by atoms with Crippen LogP contribution in [0.5, 0.6) is 5.75 Å². The van der Waals surface area contributed by atoms with Gasteiger partial charge in [-0.15, -0.1) is 0 Å². The molecule has 23 heavy (non-hydrogen) atoms. The second-order valence-corrected chi connectivity index (χ2v) is 6.70. The number of thiocarbonyl (C=S) groups is 1. The van der Waals surface area contributed by atoms with Gasteiger partial charge in [0.05, 0.1) is 6.61 Å². The monoisotopic (exact) mass is 441 g/mol. The highest BCUT2D eigenvalue weighted by Gasteiger charge is 2.10. The molecule has 0 spiro atoms. The van der Waals surface area contributed by atoms with Crippen molar-refractivity contribution in [1.29, 1.82) is 0 Å². The molecule has 0 fully saturated rings. The van der Waals surface area contributed by atoms with E-state index in [-0.39, 0.29) is 0 Å². The Morgan fingerprint density at radius 1 is 1.22 bits per heavy atom. The lowest BCUT2D eigenvalue weighted by Gasteiger charge is -2.16. The zero-order valence-electron chi connectivity index (χ0n) is 13.5. The average Bonchev–Trinajstić information content (AvgIpc) is 2.48. The van der Waals surface area contributed by atoms with E-state index in [1.807, 2.05) is 25.1 Å². The van der Waals surface area contributed by atoms with Crippen LogP contribution in [-0.2, 0) is 11.3 Å². The first-order valence-corrected chi connectivity index (χ1v) is 8.91. The highest BCUT2D eigenvalue weighted by atomic mass is 127. The maximum absolute atomic E-state index is 6.01. The zero-order chi connectivity index (χ0) is 16.8. The molecule has 5 heteroatoms. The van der Waals surface area contributed by atoms with Crippen LogP contribution in [0.3, 0.4) is 0 Å². The fourth-order valence-corrected chi connectivity index (χ4v) is 3.09. The van der Waals surface area contributed by atoms with Crippen LogP contribution in [0.25, 0.3) is 0 Å². The maximum atomic E-state index is 6.01. The van der Waals surface area contributed by atoms with E-state index in [2.05, 4.69) is 60.0 Å². The molecule has 0 aliphatic heterocycles. The number of hydrogen-bond donors (Lipinski definition) is 1. The molecule has 122 valence electrons. The molecule has 0 atom stereocenters. The minimum atomic E-state index is 0.377. The smallest absolute Gasteiger partial charge is 0.261 e. The molecule has 0 radical (unpaired) electrons.